The van der Waals surface area contributed by atoms with Gasteiger partial charge in [-0.1, -0.05) is 58.7 Å². The predicted molar refractivity (Wildman–Crippen MR) is 209 cm³/mol. The normalized spacial score (nSPS) is 22.3. The second-order valence-corrected chi connectivity index (χ2v) is 16.0. The third kappa shape index (κ3) is 7.80. The molecule has 2 aliphatic heterocycles. The Bertz CT molecular complexity index is 2200. The van der Waals surface area contributed by atoms with E-state index in [2.05, 4.69) is 56.5 Å². The van der Waals surface area contributed by atoms with Crippen LogP contribution in [0.1, 0.15) is 88.9 Å². The molecular formula is C42H50N8O6. The minimum Gasteiger partial charge on any atom is -0.453 e. The number of carbonyl (C=O) groups excluding carboxylic acids is 4. The van der Waals surface area contributed by atoms with Gasteiger partial charge < -0.3 is 39.9 Å². The maximum absolute atomic E-state index is 13.7. The van der Waals surface area contributed by atoms with Gasteiger partial charge in [0.1, 0.15) is 29.4 Å². The maximum atomic E-state index is 13.7. The first-order chi connectivity index (χ1) is 26.8. The van der Waals surface area contributed by atoms with Gasteiger partial charge in [-0.05, 0) is 77.8 Å². The van der Waals surface area contributed by atoms with Gasteiger partial charge in [0.25, 0.3) is 0 Å². The second-order valence-electron chi connectivity index (χ2n) is 16.0. The minimum absolute atomic E-state index is 0.108. The van der Waals surface area contributed by atoms with E-state index in [1.54, 1.807) is 12.4 Å². The van der Waals surface area contributed by atoms with Crippen molar-refractivity contribution in [3.63, 3.8) is 0 Å². The quantitative estimate of drug-likeness (QED) is 0.158. The molecule has 3 fully saturated rings. The Balaban J connectivity index is 1.04. The van der Waals surface area contributed by atoms with Gasteiger partial charge in [0, 0.05) is 23.7 Å². The third-order valence-electron chi connectivity index (χ3n) is 11.3. The number of nitrogens with one attached hydrogen (secondary N) is 4. The molecule has 56 heavy (non-hydrogen) atoms. The fourth-order valence-corrected chi connectivity index (χ4v) is 8.16. The van der Waals surface area contributed by atoms with E-state index in [0.29, 0.717) is 29.8 Å². The van der Waals surface area contributed by atoms with Crippen LogP contribution in [0.2, 0.25) is 0 Å². The monoisotopic (exact) mass is 762 g/mol. The first-order valence-corrected chi connectivity index (χ1v) is 19.3. The number of methoxy groups -OCH3 is 2. The topological polar surface area (TPSA) is 175 Å². The van der Waals surface area contributed by atoms with Crippen LogP contribution in [0.3, 0.4) is 0 Å². The number of rotatable bonds is 9. The summed E-state index contributed by atoms with van der Waals surface area (Å²) in [6, 6.07) is 10.6. The van der Waals surface area contributed by atoms with Crippen LogP contribution in [-0.4, -0.2) is 92.6 Å². The lowest BCUT2D eigenvalue weighted by molar-refractivity contribution is -0.137. The smallest absolute Gasteiger partial charge is 0.407 e. The molecule has 4 heterocycles. The summed E-state index contributed by atoms with van der Waals surface area (Å²) < 4.78 is 9.55. The molecule has 294 valence electrons. The number of likely N-dealkylation sites (tertiary alicyclic amines) is 2. The van der Waals surface area contributed by atoms with Crippen molar-refractivity contribution in [2.24, 2.45) is 23.7 Å². The Labute approximate surface area is 326 Å². The summed E-state index contributed by atoms with van der Waals surface area (Å²) in [7, 11) is 2.58. The molecule has 4 amide bonds. The molecule has 4 aromatic rings. The van der Waals surface area contributed by atoms with E-state index >= 15 is 0 Å². The van der Waals surface area contributed by atoms with Crippen LogP contribution >= 0.6 is 0 Å². The number of amides is 4. The Morgan fingerprint density at radius 1 is 0.786 bits per heavy atom. The summed E-state index contributed by atoms with van der Waals surface area (Å²) >= 11 is 0. The molecule has 1 aliphatic carbocycles. The number of aromatic nitrogens is 4. The molecule has 14 nitrogen and oxygen atoms in total. The zero-order valence-electron chi connectivity index (χ0n) is 32.9. The standard InChI is InChI=1S/C42H50N8O6/c1-22(2)35(47-41(53)55-6)39(51)49-21-24(5)14-33(49)37-44-20-31(46-37)28-12-11-26-15-25(8-10-27(26)16-28)9-13-30-19-43-38(45-30)34-18-29-17-32(29)50(34)40(52)36(23(3)4)48-42(54)56-7/h8,10-12,15-16,19-20,22-24,29,32-36H,14,17-18,21H2,1-7H3,(H,43,45)(H,44,46)(H,47,53)(H,48,54)/t24-,29?,32+,33-,34-,35-,36-/m0/s1. The molecule has 2 aromatic heterocycles. The largest absolute Gasteiger partial charge is 0.453 e. The van der Waals surface area contributed by atoms with Crippen LogP contribution in [0.5, 0.6) is 0 Å². The molecule has 3 aliphatic rings. The number of aromatic amines is 2. The summed E-state index contributed by atoms with van der Waals surface area (Å²) in [6.45, 7) is 10.3. The van der Waals surface area contributed by atoms with Crippen LogP contribution in [0.25, 0.3) is 22.0 Å². The van der Waals surface area contributed by atoms with Gasteiger partial charge in [0.15, 0.2) is 0 Å². The van der Waals surface area contributed by atoms with Crippen LogP contribution in [0, 0.1) is 35.5 Å². The average molecular weight is 763 g/mol. The molecule has 4 N–H and O–H groups in total. The van der Waals surface area contributed by atoms with Crippen molar-refractivity contribution >= 4 is 34.8 Å². The predicted octanol–water partition coefficient (Wildman–Crippen LogP) is 5.69. The number of piperidine rings is 1. The summed E-state index contributed by atoms with van der Waals surface area (Å²) in [4.78, 5) is 71.3. The van der Waals surface area contributed by atoms with Crippen molar-refractivity contribution in [1.82, 2.24) is 40.4 Å². The molecule has 2 saturated heterocycles. The van der Waals surface area contributed by atoms with Crippen LogP contribution in [0.15, 0.2) is 48.8 Å². The number of H-pyrrole nitrogens is 2. The molecule has 0 bridgehead atoms. The second kappa shape index (κ2) is 15.7. The zero-order chi connectivity index (χ0) is 39.8. The molecule has 0 spiro atoms. The lowest BCUT2D eigenvalue weighted by atomic mass is 10.0. The van der Waals surface area contributed by atoms with Crippen LogP contribution < -0.4 is 10.6 Å². The lowest BCUT2D eigenvalue weighted by Gasteiger charge is -2.31. The molecule has 14 heteroatoms. The SMILES string of the molecule is COC(=O)N[C@H](C(=O)N1C[C@@H](C)C[C@H]1c1ncc(-c2ccc3cc(C#Cc4cnc([C@@H]5CC6C[C@H]6N5C(=O)[C@@H](NC(=O)OC)C(C)C)[nH]4)ccc3c2)[nH]1)C(C)C. The third-order valence-corrected chi connectivity index (χ3v) is 11.3. The summed E-state index contributed by atoms with van der Waals surface area (Å²) in [5.41, 5.74) is 3.32. The zero-order valence-corrected chi connectivity index (χ0v) is 32.9. The number of alkyl carbamates (subject to hydrolysis) is 2. The van der Waals surface area contributed by atoms with E-state index in [1.807, 2.05) is 61.8 Å². The maximum Gasteiger partial charge on any atom is 0.407 e. The Morgan fingerprint density at radius 3 is 2.12 bits per heavy atom. The number of ether oxygens (including phenoxy) is 2. The number of imidazole rings is 2. The highest BCUT2D eigenvalue weighted by atomic mass is 16.5. The molecule has 1 unspecified atom stereocenters. The van der Waals surface area contributed by atoms with Gasteiger partial charge in [0.05, 0.1) is 44.4 Å². The minimum atomic E-state index is -0.704. The van der Waals surface area contributed by atoms with E-state index in [4.69, 9.17) is 14.5 Å². The van der Waals surface area contributed by atoms with Crippen LogP contribution in [0.4, 0.5) is 9.59 Å². The van der Waals surface area contributed by atoms with Gasteiger partial charge in [-0.3, -0.25) is 9.59 Å². The van der Waals surface area contributed by atoms with Gasteiger partial charge in [-0.2, -0.15) is 0 Å². The van der Waals surface area contributed by atoms with Gasteiger partial charge in [-0.25, -0.2) is 19.6 Å². The van der Waals surface area contributed by atoms with E-state index in [-0.39, 0.29) is 47.7 Å². The van der Waals surface area contributed by atoms with Crippen molar-refractivity contribution in [1.29, 1.82) is 0 Å². The van der Waals surface area contributed by atoms with Gasteiger partial charge in [0.2, 0.25) is 11.8 Å². The average Bonchev–Trinajstić information content (AvgIpc) is 3.66. The Kier molecular flexibility index (Phi) is 10.8. The molecule has 0 radical (unpaired) electrons. The number of benzene rings is 2. The van der Waals surface area contributed by atoms with Crippen molar-refractivity contribution in [2.75, 3.05) is 20.8 Å². The van der Waals surface area contributed by atoms with Crippen molar-refractivity contribution < 1.29 is 28.7 Å². The molecule has 7 atom stereocenters. The molecule has 1 saturated carbocycles. The molecule has 2 aromatic carbocycles. The highest BCUT2D eigenvalue weighted by molar-refractivity contribution is 5.89. The molecular weight excluding hydrogens is 713 g/mol. The van der Waals surface area contributed by atoms with E-state index in [9.17, 15) is 19.2 Å². The van der Waals surface area contributed by atoms with Gasteiger partial charge in [-0.15, -0.1) is 0 Å². The lowest BCUT2D eigenvalue weighted by Crippen LogP contribution is -2.52. The fraction of sp³-hybridized carbons (Fsp3) is 0.476. The first-order valence-electron chi connectivity index (χ1n) is 19.3. The van der Waals surface area contributed by atoms with E-state index in [0.717, 1.165) is 46.9 Å². The molecule has 7 rings (SSSR count). The van der Waals surface area contributed by atoms with Gasteiger partial charge >= 0.3 is 12.2 Å². The summed E-state index contributed by atoms with van der Waals surface area (Å²) in [6.07, 6.45) is 4.80. The van der Waals surface area contributed by atoms with E-state index < -0.39 is 24.3 Å². The highest BCUT2D eigenvalue weighted by Crippen LogP contribution is 2.53. The fourth-order valence-electron chi connectivity index (χ4n) is 8.16. The van der Waals surface area contributed by atoms with Crippen molar-refractivity contribution in [3.8, 4) is 23.1 Å². The number of fused-ring (bicyclic) bond motifs is 2. The van der Waals surface area contributed by atoms with Crippen molar-refractivity contribution in [2.45, 2.75) is 84.1 Å². The number of hydrogen-bond acceptors (Lipinski definition) is 8. The number of hydrogen-bond donors (Lipinski definition) is 4. The Morgan fingerprint density at radius 2 is 1.43 bits per heavy atom. The summed E-state index contributed by atoms with van der Waals surface area (Å²) in [5, 5.41) is 7.50. The highest BCUT2D eigenvalue weighted by Gasteiger charge is 2.56. The van der Waals surface area contributed by atoms with Crippen LogP contribution in [-0.2, 0) is 19.1 Å². The Hall–Kier alpha value is -5.84. The number of carbonyl (C=O) groups is 4. The first kappa shape index (κ1) is 38.4. The van der Waals surface area contributed by atoms with Crippen molar-refractivity contribution in [3.05, 3.63) is 71.7 Å². The summed E-state index contributed by atoms with van der Waals surface area (Å²) in [5.74, 6) is 8.08. The number of nitrogens with zero attached hydrogens (tertiary/aromatic N) is 4. The van der Waals surface area contributed by atoms with E-state index in [1.165, 1.54) is 14.2 Å².